The van der Waals surface area contributed by atoms with Gasteiger partial charge in [-0.25, -0.2) is 8.78 Å². The molecule has 0 heterocycles. The fraction of sp³-hybridized carbons (Fsp3) is 0. The van der Waals surface area contributed by atoms with Gasteiger partial charge in [0.1, 0.15) is 11.6 Å². The van der Waals surface area contributed by atoms with E-state index in [4.69, 9.17) is 16.9 Å². The van der Waals surface area contributed by atoms with Gasteiger partial charge in [-0.05, 0) is 36.4 Å². The van der Waals surface area contributed by atoms with E-state index in [2.05, 4.69) is 5.32 Å². The number of hydrogen-bond donors (Lipinski definition) is 1. The number of rotatable bonds is 2. The van der Waals surface area contributed by atoms with Crippen LogP contribution < -0.4 is 5.32 Å². The largest absolute Gasteiger partial charge is 0.354 e. The predicted octanol–water partition coefficient (Wildman–Crippen LogP) is 4.23. The Kier molecular flexibility index (Phi) is 3.45. The first kappa shape index (κ1) is 12.3. The van der Waals surface area contributed by atoms with E-state index in [1.807, 2.05) is 6.07 Å². The lowest BCUT2D eigenvalue weighted by Crippen LogP contribution is -1.94. The second-order valence-corrected chi connectivity index (χ2v) is 4.00. The summed E-state index contributed by atoms with van der Waals surface area (Å²) in [6.07, 6.45) is 0. The third-order valence-electron chi connectivity index (χ3n) is 2.23. The minimum Gasteiger partial charge on any atom is -0.354 e. The van der Waals surface area contributed by atoms with E-state index in [1.165, 1.54) is 30.3 Å². The van der Waals surface area contributed by atoms with Gasteiger partial charge >= 0.3 is 0 Å². The summed E-state index contributed by atoms with van der Waals surface area (Å²) in [5, 5.41) is 11.8. The highest BCUT2D eigenvalue weighted by atomic mass is 35.5. The van der Waals surface area contributed by atoms with Gasteiger partial charge in [0.2, 0.25) is 0 Å². The molecule has 0 saturated carbocycles. The van der Waals surface area contributed by atoms with Gasteiger partial charge in [0.25, 0.3) is 0 Å². The Bertz CT molecular complexity index is 635. The summed E-state index contributed by atoms with van der Waals surface area (Å²) in [5.41, 5.74) is 0.815. The fourth-order valence-corrected chi connectivity index (χ4v) is 1.64. The van der Waals surface area contributed by atoms with Gasteiger partial charge in [0.15, 0.2) is 0 Å². The highest BCUT2D eigenvalue weighted by molar-refractivity contribution is 6.33. The third kappa shape index (κ3) is 2.76. The van der Waals surface area contributed by atoms with Crippen LogP contribution in [0.25, 0.3) is 0 Å². The Balaban J connectivity index is 2.37. The summed E-state index contributed by atoms with van der Waals surface area (Å²) in [5.74, 6) is -1.01. The summed E-state index contributed by atoms with van der Waals surface area (Å²) in [6.45, 7) is 0. The monoisotopic (exact) mass is 264 g/mol. The minimum atomic E-state index is -0.552. The van der Waals surface area contributed by atoms with Crippen molar-refractivity contribution in [3.63, 3.8) is 0 Å². The normalized spacial score (nSPS) is 9.89. The standard InChI is InChI=1S/C13H7ClF2N2/c14-12-2-1-9(15)6-13(12)18-11-4-8(7-17)3-10(16)5-11/h1-6,18H. The Hall–Kier alpha value is -2.12. The van der Waals surface area contributed by atoms with Gasteiger partial charge in [-0.15, -0.1) is 0 Å². The molecule has 90 valence electrons. The number of hydrogen-bond acceptors (Lipinski definition) is 2. The van der Waals surface area contributed by atoms with Crippen molar-refractivity contribution in [3.8, 4) is 6.07 Å². The van der Waals surface area contributed by atoms with E-state index in [9.17, 15) is 8.78 Å². The number of nitriles is 1. The van der Waals surface area contributed by atoms with Crippen molar-refractivity contribution in [1.29, 1.82) is 5.26 Å². The minimum absolute atomic E-state index is 0.171. The first-order valence-corrected chi connectivity index (χ1v) is 5.39. The van der Waals surface area contributed by atoms with Crippen LogP contribution in [0.15, 0.2) is 36.4 Å². The molecule has 0 aliphatic heterocycles. The van der Waals surface area contributed by atoms with Gasteiger partial charge in [0, 0.05) is 5.69 Å². The van der Waals surface area contributed by atoms with Crippen LogP contribution in [-0.4, -0.2) is 0 Å². The van der Waals surface area contributed by atoms with Crippen molar-refractivity contribution in [2.45, 2.75) is 0 Å². The molecular formula is C13H7ClF2N2. The Morgan fingerprint density at radius 2 is 1.83 bits per heavy atom. The SMILES string of the molecule is N#Cc1cc(F)cc(Nc2cc(F)ccc2Cl)c1. The molecule has 0 amide bonds. The van der Waals surface area contributed by atoms with Crippen LogP contribution in [0.5, 0.6) is 0 Å². The van der Waals surface area contributed by atoms with Gasteiger partial charge in [-0.3, -0.25) is 0 Å². The van der Waals surface area contributed by atoms with Crippen LogP contribution in [0, 0.1) is 23.0 Å². The van der Waals surface area contributed by atoms with Gasteiger partial charge < -0.3 is 5.32 Å². The summed E-state index contributed by atoms with van der Waals surface area (Å²) in [4.78, 5) is 0. The number of halogens is 3. The molecule has 2 rings (SSSR count). The van der Waals surface area contributed by atoms with Crippen molar-refractivity contribution in [2.75, 3.05) is 5.32 Å². The molecule has 0 aliphatic carbocycles. The van der Waals surface area contributed by atoms with Crippen molar-refractivity contribution in [3.05, 3.63) is 58.6 Å². The number of benzene rings is 2. The van der Waals surface area contributed by atoms with Crippen molar-refractivity contribution in [1.82, 2.24) is 0 Å². The lowest BCUT2D eigenvalue weighted by molar-refractivity contribution is 0.627. The van der Waals surface area contributed by atoms with E-state index >= 15 is 0 Å². The lowest BCUT2D eigenvalue weighted by atomic mass is 10.2. The molecule has 0 fully saturated rings. The molecule has 18 heavy (non-hydrogen) atoms. The van der Waals surface area contributed by atoms with E-state index in [1.54, 1.807) is 0 Å². The molecule has 0 bridgehead atoms. The number of nitrogens with one attached hydrogen (secondary N) is 1. The van der Waals surface area contributed by atoms with Crippen LogP contribution >= 0.6 is 11.6 Å². The summed E-state index contributed by atoms with van der Waals surface area (Å²) < 4.78 is 26.2. The number of anilines is 2. The zero-order valence-corrected chi connectivity index (χ0v) is 9.80. The molecule has 0 atom stereocenters. The molecule has 2 aromatic rings. The molecule has 1 N–H and O–H groups in total. The third-order valence-corrected chi connectivity index (χ3v) is 2.56. The lowest BCUT2D eigenvalue weighted by Gasteiger charge is -2.09. The van der Waals surface area contributed by atoms with E-state index < -0.39 is 11.6 Å². The molecule has 0 aliphatic rings. The van der Waals surface area contributed by atoms with Gasteiger partial charge in [-0.2, -0.15) is 5.26 Å². The Labute approximate surface area is 107 Å². The maximum Gasteiger partial charge on any atom is 0.126 e. The van der Waals surface area contributed by atoms with Crippen molar-refractivity contribution in [2.24, 2.45) is 0 Å². The topological polar surface area (TPSA) is 35.8 Å². The van der Waals surface area contributed by atoms with Crippen LogP contribution in [0.4, 0.5) is 20.2 Å². The zero-order valence-electron chi connectivity index (χ0n) is 9.05. The summed E-state index contributed by atoms with van der Waals surface area (Å²) in [6, 6.07) is 9.40. The molecule has 0 unspecified atom stereocenters. The van der Waals surface area contributed by atoms with Crippen LogP contribution in [-0.2, 0) is 0 Å². The quantitative estimate of drug-likeness (QED) is 0.881. The van der Waals surface area contributed by atoms with E-state index in [-0.39, 0.29) is 5.56 Å². The van der Waals surface area contributed by atoms with Gasteiger partial charge in [0.05, 0.1) is 22.3 Å². The van der Waals surface area contributed by atoms with Crippen molar-refractivity contribution < 1.29 is 8.78 Å². The van der Waals surface area contributed by atoms with Crippen LogP contribution in [0.3, 0.4) is 0 Å². The summed E-state index contributed by atoms with van der Waals surface area (Å²) in [7, 11) is 0. The average molecular weight is 265 g/mol. The molecular weight excluding hydrogens is 258 g/mol. The fourth-order valence-electron chi connectivity index (χ4n) is 1.48. The van der Waals surface area contributed by atoms with E-state index in [0.717, 1.165) is 6.07 Å². The molecule has 2 nitrogen and oxygen atoms in total. The highest BCUT2D eigenvalue weighted by Gasteiger charge is 2.05. The van der Waals surface area contributed by atoms with Gasteiger partial charge in [-0.1, -0.05) is 11.6 Å². The maximum atomic E-state index is 13.2. The molecule has 0 radical (unpaired) electrons. The smallest absolute Gasteiger partial charge is 0.126 e. The highest BCUT2D eigenvalue weighted by Crippen LogP contribution is 2.27. The molecule has 0 saturated heterocycles. The van der Waals surface area contributed by atoms with E-state index in [0.29, 0.717) is 16.4 Å². The molecule has 5 heteroatoms. The second-order valence-electron chi connectivity index (χ2n) is 3.59. The molecule has 0 spiro atoms. The molecule has 2 aromatic carbocycles. The zero-order chi connectivity index (χ0) is 13.1. The molecule has 0 aromatic heterocycles. The average Bonchev–Trinajstić information content (AvgIpc) is 2.33. The first-order valence-electron chi connectivity index (χ1n) is 5.01. The Morgan fingerprint density at radius 1 is 1.06 bits per heavy atom. The predicted molar refractivity (Wildman–Crippen MR) is 65.8 cm³/mol. The summed E-state index contributed by atoms with van der Waals surface area (Å²) >= 11 is 5.87. The van der Waals surface area contributed by atoms with Crippen LogP contribution in [0.1, 0.15) is 5.56 Å². The van der Waals surface area contributed by atoms with Crippen LogP contribution in [0.2, 0.25) is 5.02 Å². The first-order chi connectivity index (χ1) is 8.58. The van der Waals surface area contributed by atoms with Crippen molar-refractivity contribution >= 4 is 23.0 Å². The Morgan fingerprint density at radius 3 is 2.56 bits per heavy atom. The number of nitrogens with zero attached hydrogens (tertiary/aromatic N) is 1. The maximum absolute atomic E-state index is 13.2. The second kappa shape index (κ2) is 5.03.